The van der Waals surface area contributed by atoms with Crippen LogP contribution in [0.1, 0.15) is 25.8 Å². The monoisotopic (exact) mass is 290 g/mol. The third-order valence-electron chi connectivity index (χ3n) is 3.57. The zero-order valence-electron chi connectivity index (χ0n) is 12.6. The Bertz CT molecular complexity index is 557. The van der Waals surface area contributed by atoms with Crippen molar-refractivity contribution >= 4 is 23.3 Å². The van der Waals surface area contributed by atoms with Crippen molar-refractivity contribution in [2.75, 3.05) is 17.6 Å². The van der Waals surface area contributed by atoms with Gasteiger partial charge in [-0.3, -0.25) is 4.79 Å². The first-order valence-electron chi connectivity index (χ1n) is 7.10. The molecule has 1 saturated heterocycles. The van der Waals surface area contributed by atoms with Crippen LogP contribution in [0.15, 0.2) is 18.2 Å². The number of nitrogens with two attached hydrogens (primary N) is 1. The number of aryl methyl sites for hydroxylation is 1. The number of hydrogen-bond donors (Lipinski definition) is 3. The summed E-state index contributed by atoms with van der Waals surface area (Å²) < 4.78 is 0. The molecule has 3 amide bonds. The predicted octanol–water partition coefficient (Wildman–Crippen LogP) is 1.71. The zero-order chi connectivity index (χ0) is 15.6. The molecule has 1 aromatic rings. The highest BCUT2D eigenvalue weighted by molar-refractivity contribution is 5.93. The number of nitrogens with zero attached hydrogens (tertiary/aromatic N) is 1. The lowest BCUT2D eigenvalue weighted by molar-refractivity contribution is -0.129. The highest BCUT2D eigenvalue weighted by atomic mass is 16.2. The van der Waals surface area contributed by atoms with Gasteiger partial charge in [0.05, 0.1) is 17.4 Å². The quantitative estimate of drug-likeness (QED) is 0.740. The minimum Gasteiger partial charge on any atom is -0.397 e. The van der Waals surface area contributed by atoms with Crippen LogP contribution in [0.25, 0.3) is 0 Å². The molecule has 1 atom stereocenters. The number of likely N-dealkylation sites (tertiary alicyclic amines) is 1. The second kappa shape index (κ2) is 6.03. The number of hydrogen-bond acceptors (Lipinski definition) is 3. The van der Waals surface area contributed by atoms with E-state index in [1.807, 2.05) is 32.9 Å². The van der Waals surface area contributed by atoms with E-state index < -0.39 is 0 Å². The van der Waals surface area contributed by atoms with E-state index in [-0.39, 0.29) is 24.0 Å². The zero-order valence-corrected chi connectivity index (χ0v) is 12.6. The lowest BCUT2D eigenvalue weighted by Gasteiger charge is -2.21. The maximum absolute atomic E-state index is 12.0. The number of nitrogens with one attached hydrogen (secondary N) is 2. The topological polar surface area (TPSA) is 87.5 Å². The molecule has 1 heterocycles. The average molecular weight is 290 g/mol. The van der Waals surface area contributed by atoms with Crippen molar-refractivity contribution in [3.8, 4) is 0 Å². The molecule has 0 radical (unpaired) electrons. The summed E-state index contributed by atoms with van der Waals surface area (Å²) in [6.45, 7) is 6.41. The van der Waals surface area contributed by atoms with Crippen molar-refractivity contribution in [3.05, 3.63) is 23.8 Å². The smallest absolute Gasteiger partial charge is 0.319 e. The van der Waals surface area contributed by atoms with E-state index in [0.717, 1.165) is 5.56 Å². The van der Waals surface area contributed by atoms with Gasteiger partial charge in [-0.15, -0.1) is 0 Å². The largest absolute Gasteiger partial charge is 0.397 e. The van der Waals surface area contributed by atoms with Gasteiger partial charge in [0.25, 0.3) is 0 Å². The number of nitrogen functional groups attached to an aromatic ring is 1. The highest BCUT2D eigenvalue weighted by Crippen LogP contribution is 2.20. The average Bonchev–Trinajstić information content (AvgIpc) is 2.74. The second-order valence-corrected chi connectivity index (χ2v) is 5.73. The van der Waals surface area contributed by atoms with Crippen LogP contribution in [-0.2, 0) is 4.79 Å². The molecule has 0 aliphatic carbocycles. The summed E-state index contributed by atoms with van der Waals surface area (Å²) in [6.07, 6.45) is 0.342. The molecule has 1 aliphatic heterocycles. The lowest BCUT2D eigenvalue weighted by atomic mass is 10.2. The highest BCUT2D eigenvalue weighted by Gasteiger charge is 2.31. The Hall–Kier alpha value is -2.24. The molecule has 1 unspecified atom stereocenters. The summed E-state index contributed by atoms with van der Waals surface area (Å²) in [6, 6.07) is 5.11. The van der Waals surface area contributed by atoms with Crippen LogP contribution < -0.4 is 16.4 Å². The van der Waals surface area contributed by atoms with Crippen LogP contribution in [0.5, 0.6) is 0 Å². The van der Waals surface area contributed by atoms with E-state index in [4.69, 9.17) is 5.73 Å². The van der Waals surface area contributed by atoms with Crippen LogP contribution in [-0.4, -0.2) is 35.5 Å². The fraction of sp³-hybridized carbons (Fsp3) is 0.467. The first kappa shape index (κ1) is 15.2. The van der Waals surface area contributed by atoms with Crippen molar-refractivity contribution in [1.82, 2.24) is 10.2 Å². The maximum atomic E-state index is 12.0. The lowest BCUT2D eigenvalue weighted by Crippen LogP contribution is -2.40. The number of amides is 3. The molecule has 1 fully saturated rings. The third-order valence-corrected chi connectivity index (χ3v) is 3.57. The Morgan fingerprint density at radius 3 is 2.76 bits per heavy atom. The van der Waals surface area contributed by atoms with E-state index >= 15 is 0 Å². The van der Waals surface area contributed by atoms with Gasteiger partial charge in [0, 0.05) is 19.0 Å². The second-order valence-electron chi connectivity index (χ2n) is 5.73. The van der Waals surface area contributed by atoms with Crippen LogP contribution in [0.3, 0.4) is 0 Å². The standard InChI is InChI=1S/C15H22N4O2/c1-9(2)19-8-11(7-14(19)20)17-15(21)18-13-6-10(3)4-5-12(13)16/h4-6,9,11H,7-8,16H2,1-3H3,(H2,17,18,21). The Balaban J connectivity index is 1.94. The Morgan fingerprint density at radius 1 is 1.43 bits per heavy atom. The Kier molecular flexibility index (Phi) is 4.35. The van der Waals surface area contributed by atoms with Crippen molar-refractivity contribution in [3.63, 3.8) is 0 Å². The van der Waals surface area contributed by atoms with Crippen LogP contribution in [0.4, 0.5) is 16.2 Å². The minimum atomic E-state index is -0.337. The molecule has 1 aromatic carbocycles. The number of urea groups is 1. The Morgan fingerprint density at radius 2 is 2.14 bits per heavy atom. The molecular weight excluding hydrogens is 268 g/mol. The molecule has 4 N–H and O–H groups in total. The molecule has 0 aromatic heterocycles. The summed E-state index contributed by atoms with van der Waals surface area (Å²) >= 11 is 0. The summed E-state index contributed by atoms with van der Waals surface area (Å²) in [5.74, 6) is 0.0744. The van der Waals surface area contributed by atoms with Crippen molar-refractivity contribution in [1.29, 1.82) is 0 Å². The molecule has 6 nitrogen and oxygen atoms in total. The van der Waals surface area contributed by atoms with Gasteiger partial charge in [-0.2, -0.15) is 0 Å². The summed E-state index contributed by atoms with van der Waals surface area (Å²) in [4.78, 5) is 25.6. The van der Waals surface area contributed by atoms with Crippen molar-refractivity contribution in [2.24, 2.45) is 0 Å². The minimum absolute atomic E-state index is 0.0744. The van der Waals surface area contributed by atoms with Crippen molar-refractivity contribution in [2.45, 2.75) is 39.3 Å². The molecule has 0 spiro atoms. The third kappa shape index (κ3) is 3.65. The predicted molar refractivity (Wildman–Crippen MR) is 83.0 cm³/mol. The number of carbonyl (C=O) groups excluding carboxylic acids is 2. The van der Waals surface area contributed by atoms with Gasteiger partial charge < -0.3 is 21.3 Å². The summed E-state index contributed by atoms with van der Waals surface area (Å²) in [7, 11) is 0. The van der Waals surface area contributed by atoms with Gasteiger partial charge >= 0.3 is 6.03 Å². The SMILES string of the molecule is Cc1ccc(N)c(NC(=O)NC2CC(=O)N(C(C)C)C2)c1. The van der Waals surface area contributed by atoms with Gasteiger partial charge in [0.2, 0.25) is 5.91 Å². The van der Waals surface area contributed by atoms with Crippen LogP contribution in [0, 0.1) is 6.92 Å². The van der Waals surface area contributed by atoms with Gasteiger partial charge in [0.15, 0.2) is 0 Å². The van der Waals surface area contributed by atoms with E-state index in [0.29, 0.717) is 24.3 Å². The summed E-state index contributed by atoms with van der Waals surface area (Å²) in [5, 5.41) is 5.55. The molecular formula is C15H22N4O2. The maximum Gasteiger partial charge on any atom is 0.319 e. The number of carbonyl (C=O) groups is 2. The Labute approximate surface area is 124 Å². The normalized spacial score (nSPS) is 18.2. The first-order valence-corrected chi connectivity index (χ1v) is 7.10. The molecule has 2 rings (SSSR count). The molecule has 0 saturated carbocycles. The molecule has 0 bridgehead atoms. The molecule has 1 aliphatic rings. The van der Waals surface area contributed by atoms with Gasteiger partial charge in [-0.25, -0.2) is 4.79 Å². The van der Waals surface area contributed by atoms with Gasteiger partial charge in [0.1, 0.15) is 0 Å². The van der Waals surface area contributed by atoms with Gasteiger partial charge in [-0.05, 0) is 38.5 Å². The van der Waals surface area contributed by atoms with Crippen LogP contribution >= 0.6 is 0 Å². The first-order chi connectivity index (χ1) is 9.86. The fourth-order valence-electron chi connectivity index (χ4n) is 2.45. The molecule has 6 heteroatoms. The number of anilines is 2. The van der Waals surface area contributed by atoms with E-state index in [1.54, 1.807) is 11.0 Å². The van der Waals surface area contributed by atoms with E-state index in [2.05, 4.69) is 10.6 Å². The van der Waals surface area contributed by atoms with E-state index in [1.165, 1.54) is 0 Å². The molecule has 114 valence electrons. The van der Waals surface area contributed by atoms with E-state index in [9.17, 15) is 9.59 Å². The van der Waals surface area contributed by atoms with Crippen molar-refractivity contribution < 1.29 is 9.59 Å². The fourth-order valence-corrected chi connectivity index (χ4v) is 2.45. The number of rotatable bonds is 3. The van der Waals surface area contributed by atoms with Gasteiger partial charge in [-0.1, -0.05) is 6.07 Å². The van der Waals surface area contributed by atoms with Crippen LogP contribution in [0.2, 0.25) is 0 Å². The summed E-state index contributed by atoms with van der Waals surface area (Å²) in [5.41, 5.74) is 7.94. The number of benzene rings is 1. The molecule has 21 heavy (non-hydrogen) atoms.